The van der Waals surface area contributed by atoms with E-state index in [0.717, 1.165) is 22.7 Å². The molecular formula is C16H14ClNOS2. The van der Waals surface area contributed by atoms with E-state index in [2.05, 4.69) is 11.1 Å². The lowest BCUT2D eigenvalue weighted by atomic mass is 10.2. The number of nitrogens with zero attached hydrogens (tertiary/aromatic N) is 1. The van der Waals surface area contributed by atoms with Crippen molar-refractivity contribution < 1.29 is 4.42 Å². The molecule has 0 aliphatic carbocycles. The summed E-state index contributed by atoms with van der Waals surface area (Å²) in [5.74, 6) is 3.07. The van der Waals surface area contributed by atoms with Gasteiger partial charge in [-0.1, -0.05) is 12.1 Å². The summed E-state index contributed by atoms with van der Waals surface area (Å²) in [6.07, 6.45) is 1.82. The second-order valence-electron chi connectivity index (χ2n) is 5.15. The molecule has 0 saturated carbocycles. The van der Waals surface area contributed by atoms with E-state index in [1.807, 2.05) is 47.4 Å². The minimum Gasteiger partial charge on any atom is -0.441 e. The van der Waals surface area contributed by atoms with Gasteiger partial charge in [-0.3, -0.25) is 0 Å². The lowest BCUT2D eigenvalue weighted by molar-refractivity contribution is 0.526. The number of thioether (sulfide) groups is 1. The van der Waals surface area contributed by atoms with Crippen LogP contribution in [0.1, 0.15) is 26.6 Å². The molecule has 1 unspecified atom stereocenters. The van der Waals surface area contributed by atoms with Crippen molar-refractivity contribution in [3.8, 4) is 0 Å². The zero-order valence-electron chi connectivity index (χ0n) is 11.3. The summed E-state index contributed by atoms with van der Waals surface area (Å²) >= 11 is 10.4. The van der Waals surface area contributed by atoms with E-state index in [4.69, 9.17) is 16.0 Å². The van der Waals surface area contributed by atoms with Gasteiger partial charge >= 0.3 is 0 Å². The molecular weight excluding hydrogens is 322 g/mol. The van der Waals surface area contributed by atoms with Crippen LogP contribution in [-0.4, -0.2) is 10.7 Å². The molecule has 108 valence electrons. The highest BCUT2D eigenvalue weighted by atomic mass is 35.5. The fraction of sp³-hybridized carbons (Fsp3) is 0.312. The maximum Gasteiger partial charge on any atom is 0.197 e. The molecule has 2 aromatic heterocycles. The van der Waals surface area contributed by atoms with Gasteiger partial charge in [0.1, 0.15) is 5.52 Å². The zero-order chi connectivity index (χ0) is 14.2. The number of para-hydroxylation sites is 2. The van der Waals surface area contributed by atoms with Gasteiger partial charge < -0.3 is 4.42 Å². The normalized spacial score (nSPS) is 16.0. The number of hydrogen-bond donors (Lipinski definition) is 0. The zero-order valence-corrected chi connectivity index (χ0v) is 13.7. The van der Waals surface area contributed by atoms with Crippen molar-refractivity contribution >= 4 is 45.8 Å². The standard InChI is InChI=1S/C16H14ClNOS2/c17-11(15-7-10-9-20-6-5-14(10)21-15)8-16-18-12-3-1-2-4-13(12)19-16/h1-4,7,11H,5-6,8-9H2. The van der Waals surface area contributed by atoms with Gasteiger partial charge in [-0.25, -0.2) is 4.98 Å². The number of halogens is 1. The first-order valence-electron chi connectivity index (χ1n) is 6.97. The molecule has 0 radical (unpaired) electrons. The third kappa shape index (κ3) is 2.72. The Labute approximate surface area is 136 Å². The van der Waals surface area contributed by atoms with Crippen LogP contribution in [0.2, 0.25) is 0 Å². The van der Waals surface area contributed by atoms with Gasteiger partial charge in [0, 0.05) is 21.9 Å². The van der Waals surface area contributed by atoms with Crippen molar-refractivity contribution in [2.45, 2.75) is 24.0 Å². The van der Waals surface area contributed by atoms with E-state index in [9.17, 15) is 0 Å². The predicted molar refractivity (Wildman–Crippen MR) is 90.5 cm³/mol. The van der Waals surface area contributed by atoms with Crippen molar-refractivity contribution in [3.05, 3.63) is 51.5 Å². The van der Waals surface area contributed by atoms with Gasteiger partial charge in [-0.2, -0.15) is 11.8 Å². The van der Waals surface area contributed by atoms with E-state index in [-0.39, 0.29) is 5.38 Å². The molecule has 3 aromatic rings. The highest BCUT2D eigenvalue weighted by Gasteiger charge is 2.20. The molecule has 0 spiro atoms. The van der Waals surface area contributed by atoms with Crippen LogP contribution in [-0.2, 0) is 18.6 Å². The number of oxazole rings is 1. The van der Waals surface area contributed by atoms with E-state index >= 15 is 0 Å². The van der Waals surface area contributed by atoms with Crippen LogP contribution in [0.25, 0.3) is 11.1 Å². The Kier molecular flexibility index (Phi) is 3.69. The molecule has 21 heavy (non-hydrogen) atoms. The summed E-state index contributed by atoms with van der Waals surface area (Å²) in [6.45, 7) is 0. The van der Waals surface area contributed by atoms with Crippen LogP contribution in [0, 0.1) is 0 Å². The molecule has 0 saturated heterocycles. The van der Waals surface area contributed by atoms with E-state index in [1.165, 1.54) is 27.5 Å². The monoisotopic (exact) mass is 335 g/mol. The number of thiophene rings is 1. The summed E-state index contributed by atoms with van der Waals surface area (Å²) in [5.41, 5.74) is 3.20. The van der Waals surface area contributed by atoms with Crippen molar-refractivity contribution in [3.63, 3.8) is 0 Å². The second-order valence-corrected chi connectivity index (χ2v) is 7.95. The molecule has 3 heterocycles. The van der Waals surface area contributed by atoms with Crippen LogP contribution in [0.3, 0.4) is 0 Å². The first-order chi connectivity index (χ1) is 10.3. The Balaban J connectivity index is 1.57. The van der Waals surface area contributed by atoms with Crippen molar-refractivity contribution in [2.75, 3.05) is 5.75 Å². The highest BCUT2D eigenvalue weighted by Crippen LogP contribution is 2.37. The van der Waals surface area contributed by atoms with E-state index < -0.39 is 0 Å². The molecule has 0 amide bonds. The van der Waals surface area contributed by atoms with Gasteiger partial charge in [0.25, 0.3) is 0 Å². The lowest BCUT2D eigenvalue weighted by Crippen LogP contribution is -1.96. The van der Waals surface area contributed by atoms with Crippen LogP contribution in [0.5, 0.6) is 0 Å². The minimum absolute atomic E-state index is 0.0568. The summed E-state index contributed by atoms with van der Waals surface area (Å²) in [6, 6.07) is 10.1. The summed E-state index contributed by atoms with van der Waals surface area (Å²) in [4.78, 5) is 7.26. The number of fused-ring (bicyclic) bond motifs is 2. The number of benzene rings is 1. The van der Waals surface area contributed by atoms with Gasteiger partial charge in [-0.15, -0.1) is 22.9 Å². The van der Waals surface area contributed by atoms with Gasteiger partial charge in [0.05, 0.1) is 5.38 Å². The van der Waals surface area contributed by atoms with E-state index in [0.29, 0.717) is 6.42 Å². The Morgan fingerprint density at radius 2 is 2.24 bits per heavy atom. The second kappa shape index (κ2) is 5.67. The largest absolute Gasteiger partial charge is 0.441 e. The van der Waals surface area contributed by atoms with Crippen molar-refractivity contribution in [2.24, 2.45) is 0 Å². The maximum atomic E-state index is 6.59. The SMILES string of the molecule is ClC(Cc1nc2ccccc2o1)c1cc2c(s1)CCSC2. The topological polar surface area (TPSA) is 26.0 Å². The lowest BCUT2D eigenvalue weighted by Gasteiger charge is -2.08. The molecule has 0 fully saturated rings. The highest BCUT2D eigenvalue weighted by molar-refractivity contribution is 7.98. The Bertz CT molecular complexity index is 723. The van der Waals surface area contributed by atoms with Gasteiger partial charge in [0.15, 0.2) is 11.5 Å². The van der Waals surface area contributed by atoms with Gasteiger partial charge in [0.2, 0.25) is 0 Å². The fourth-order valence-corrected chi connectivity index (χ4v) is 5.27. The van der Waals surface area contributed by atoms with Crippen LogP contribution in [0.15, 0.2) is 34.7 Å². The molecule has 0 N–H and O–H groups in total. The van der Waals surface area contributed by atoms with Crippen LogP contribution in [0.4, 0.5) is 0 Å². The first-order valence-corrected chi connectivity index (χ1v) is 9.38. The molecule has 4 rings (SSSR count). The quantitative estimate of drug-likeness (QED) is 0.615. The molecule has 2 nitrogen and oxygen atoms in total. The fourth-order valence-electron chi connectivity index (χ4n) is 2.59. The molecule has 1 aliphatic heterocycles. The first kappa shape index (κ1) is 13.7. The Morgan fingerprint density at radius 3 is 3.10 bits per heavy atom. The Hall–Kier alpha value is -0.970. The number of alkyl halides is 1. The minimum atomic E-state index is -0.0568. The summed E-state index contributed by atoms with van der Waals surface area (Å²) < 4.78 is 5.77. The number of aromatic nitrogens is 1. The smallest absolute Gasteiger partial charge is 0.197 e. The predicted octanol–water partition coefficient (Wildman–Crippen LogP) is 5.20. The third-order valence-corrected chi connectivity index (χ3v) is 6.52. The number of rotatable bonds is 3. The average Bonchev–Trinajstić information content (AvgIpc) is 3.10. The summed E-state index contributed by atoms with van der Waals surface area (Å²) in [7, 11) is 0. The molecule has 1 aliphatic rings. The van der Waals surface area contributed by atoms with Crippen molar-refractivity contribution in [1.82, 2.24) is 4.98 Å². The summed E-state index contributed by atoms with van der Waals surface area (Å²) in [5, 5.41) is -0.0568. The van der Waals surface area contributed by atoms with E-state index in [1.54, 1.807) is 0 Å². The van der Waals surface area contributed by atoms with Crippen LogP contribution >= 0.6 is 34.7 Å². The number of aryl methyl sites for hydroxylation is 1. The molecule has 1 atom stereocenters. The van der Waals surface area contributed by atoms with Crippen LogP contribution < -0.4 is 0 Å². The van der Waals surface area contributed by atoms with Crippen molar-refractivity contribution in [1.29, 1.82) is 0 Å². The average molecular weight is 336 g/mol. The molecule has 0 bridgehead atoms. The van der Waals surface area contributed by atoms with Gasteiger partial charge in [-0.05, 0) is 35.9 Å². The Morgan fingerprint density at radius 1 is 1.33 bits per heavy atom. The third-order valence-electron chi connectivity index (χ3n) is 3.65. The molecule has 5 heteroatoms. The number of hydrogen-bond acceptors (Lipinski definition) is 4. The molecule has 1 aromatic carbocycles. The maximum absolute atomic E-state index is 6.59.